The van der Waals surface area contributed by atoms with Crippen LogP contribution in [0.3, 0.4) is 0 Å². The molecule has 6 nitrogen and oxygen atoms in total. The first-order valence-electron chi connectivity index (χ1n) is 10.0. The number of hydrogen-bond donors (Lipinski definition) is 2. The van der Waals surface area contributed by atoms with Gasteiger partial charge in [0.1, 0.15) is 17.0 Å². The third kappa shape index (κ3) is 3.08. The number of piperidine rings is 1. The van der Waals surface area contributed by atoms with Crippen LogP contribution in [0.25, 0.3) is 22.1 Å². The van der Waals surface area contributed by atoms with Gasteiger partial charge < -0.3 is 14.7 Å². The number of fused-ring (bicyclic) bond motifs is 3. The zero-order chi connectivity index (χ0) is 18.9. The van der Waals surface area contributed by atoms with Crippen molar-refractivity contribution in [2.45, 2.75) is 31.8 Å². The van der Waals surface area contributed by atoms with Crippen molar-refractivity contribution in [3.05, 3.63) is 60.2 Å². The fraction of sp³-hybridized carbons (Fsp3) is 0.364. The van der Waals surface area contributed by atoms with Crippen LogP contribution in [0.5, 0.6) is 0 Å². The molecule has 0 saturated carbocycles. The van der Waals surface area contributed by atoms with E-state index in [1.807, 2.05) is 12.4 Å². The van der Waals surface area contributed by atoms with E-state index < -0.39 is 0 Å². The Morgan fingerprint density at radius 1 is 1.11 bits per heavy atom. The Hall–Kier alpha value is -2.70. The van der Waals surface area contributed by atoms with Crippen LogP contribution in [0.4, 0.5) is 0 Å². The molecule has 1 aliphatic heterocycles. The molecule has 28 heavy (non-hydrogen) atoms. The summed E-state index contributed by atoms with van der Waals surface area (Å²) >= 11 is 0. The molecule has 0 unspecified atom stereocenters. The van der Waals surface area contributed by atoms with Crippen molar-refractivity contribution >= 4 is 22.1 Å². The van der Waals surface area contributed by atoms with E-state index in [1.165, 1.54) is 5.56 Å². The monoisotopic (exact) mass is 375 g/mol. The van der Waals surface area contributed by atoms with Crippen LogP contribution in [-0.2, 0) is 13.0 Å². The quantitative estimate of drug-likeness (QED) is 0.562. The Morgan fingerprint density at radius 2 is 1.93 bits per heavy atom. The summed E-state index contributed by atoms with van der Waals surface area (Å²) in [6.07, 6.45) is 6.53. The zero-order valence-electron chi connectivity index (χ0n) is 15.9. The minimum atomic E-state index is 0.111. The van der Waals surface area contributed by atoms with Gasteiger partial charge in [0.15, 0.2) is 0 Å². The zero-order valence-corrected chi connectivity index (χ0v) is 15.9. The molecule has 4 aromatic rings. The number of aromatic nitrogens is 4. The molecule has 144 valence electrons. The number of benzene rings is 1. The highest BCUT2D eigenvalue weighted by Crippen LogP contribution is 2.32. The van der Waals surface area contributed by atoms with Crippen LogP contribution in [0, 0.1) is 0 Å². The SMILES string of the molecule is OCCc1nc2cnc3[nH]ccc3c2n1C1CCN(Cc2ccccc2)CC1. The molecule has 1 aromatic carbocycles. The first-order valence-corrected chi connectivity index (χ1v) is 10.0. The molecule has 4 heterocycles. The average molecular weight is 375 g/mol. The van der Waals surface area contributed by atoms with Crippen molar-refractivity contribution in [3.63, 3.8) is 0 Å². The second-order valence-electron chi connectivity index (χ2n) is 7.60. The molecule has 0 radical (unpaired) electrons. The van der Waals surface area contributed by atoms with Crippen LogP contribution in [0.2, 0.25) is 0 Å². The maximum absolute atomic E-state index is 9.56. The molecule has 3 aromatic heterocycles. The Morgan fingerprint density at radius 3 is 2.71 bits per heavy atom. The fourth-order valence-electron chi connectivity index (χ4n) is 4.49. The minimum absolute atomic E-state index is 0.111. The smallest absolute Gasteiger partial charge is 0.139 e. The Balaban J connectivity index is 1.44. The summed E-state index contributed by atoms with van der Waals surface area (Å²) in [7, 11) is 0. The lowest BCUT2D eigenvalue weighted by Crippen LogP contribution is -2.34. The summed E-state index contributed by atoms with van der Waals surface area (Å²) in [6.45, 7) is 3.26. The van der Waals surface area contributed by atoms with Gasteiger partial charge >= 0.3 is 0 Å². The van der Waals surface area contributed by atoms with E-state index in [-0.39, 0.29) is 6.61 Å². The predicted molar refractivity (Wildman–Crippen MR) is 110 cm³/mol. The van der Waals surface area contributed by atoms with Gasteiger partial charge in [-0.25, -0.2) is 9.97 Å². The van der Waals surface area contributed by atoms with Gasteiger partial charge in [0.25, 0.3) is 0 Å². The molecule has 0 atom stereocenters. The predicted octanol–water partition coefficient (Wildman–Crippen LogP) is 3.28. The molecule has 0 bridgehead atoms. The molecular formula is C22H25N5O. The molecule has 0 amide bonds. The molecule has 1 fully saturated rings. The minimum Gasteiger partial charge on any atom is -0.396 e. The maximum Gasteiger partial charge on any atom is 0.139 e. The maximum atomic E-state index is 9.56. The van der Waals surface area contributed by atoms with Gasteiger partial charge in [0.2, 0.25) is 0 Å². The van der Waals surface area contributed by atoms with Gasteiger partial charge in [-0.1, -0.05) is 30.3 Å². The number of aliphatic hydroxyl groups is 1. The van der Waals surface area contributed by atoms with Crippen LogP contribution in [-0.4, -0.2) is 49.2 Å². The third-order valence-electron chi connectivity index (χ3n) is 5.81. The second kappa shape index (κ2) is 7.37. The number of hydrogen-bond acceptors (Lipinski definition) is 4. The summed E-state index contributed by atoms with van der Waals surface area (Å²) in [4.78, 5) is 15.0. The van der Waals surface area contributed by atoms with E-state index >= 15 is 0 Å². The van der Waals surface area contributed by atoms with Crippen molar-refractivity contribution < 1.29 is 5.11 Å². The largest absolute Gasteiger partial charge is 0.396 e. The molecule has 6 heteroatoms. The Labute approximate surface area is 163 Å². The van der Waals surface area contributed by atoms with E-state index in [0.29, 0.717) is 12.5 Å². The summed E-state index contributed by atoms with van der Waals surface area (Å²) in [5.74, 6) is 0.967. The third-order valence-corrected chi connectivity index (χ3v) is 5.81. The van der Waals surface area contributed by atoms with Gasteiger partial charge in [-0.3, -0.25) is 4.90 Å². The molecule has 0 aliphatic carbocycles. The van der Waals surface area contributed by atoms with Crippen LogP contribution in [0.1, 0.15) is 30.3 Å². The Kier molecular flexibility index (Phi) is 4.58. The van der Waals surface area contributed by atoms with Gasteiger partial charge in [-0.15, -0.1) is 0 Å². The summed E-state index contributed by atoms with van der Waals surface area (Å²) in [6, 6.07) is 13.2. The number of likely N-dealkylation sites (tertiary alicyclic amines) is 1. The molecule has 1 aliphatic rings. The summed E-state index contributed by atoms with van der Waals surface area (Å²) in [5.41, 5.74) is 4.33. The summed E-state index contributed by atoms with van der Waals surface area (Å²) in [5, 5.41) is 10.7. The molecular weight excluding hydrogens is 350 g/mol. The number of rotatable bonds is 5. The lowest BCUT2D eigenvalue weighted by molar-refractivity contribution is 0.179. The topological polar surface area (TPSA) is 70.0 Å². The van der Waals surface area contributed by atoms with E-state index in [1.54, 1.807) is 0 Å². The number of aliphatic hydroxyl groups excluding tert-OH is 1. The highest BCUT2D eigenvalue weighted by atomic mass is 16.3. The van der Waals surface area contributed by atoms with Crippen molar-refractivity contribution in [2.24, 2.45) is 0 Å². The average Bonchev–Trinajstić information content (AvgIpc) is 3.34. The normalized spacial score (nSPS) is 16.3. The molecule has 2 N–H and O–H groups in total. The van der Waals surface area contributed by atoms with Crippen LogP contribution in [0.15, 0.2) is 48.8 Å². The molecule has 1 saturated heterocycles. The van der Waals surface area contributed by atoms with Gasteiger partial charge in [-0.2, -0.15) is 0 Å². The van der Waals surface area contributed by atoms with Crippen molar-refractivity contribution in [2.75, 3.05) is 19.7 Å². The number of pyridine rings is 1. The lowest BCUT2D eigenvalue weighted by atomic mass is 10.0. The van der Waals surface area contributed by atoms with E-state index in [4.69, 9.17) is 4.98 Å². The number of H-pyrrole nitrogens is 1. The molecule has 0 spiro atoms. The van der Waals surface area contributed by atoms with Crippen LogP contribution < -0.4 is 0 Å². The molecule has 5 rings (SSSR count). The first kappa shape index (κ1) is 17.4. The van der Waals surface area contributed by atoms with Crippen molar-refractivity contribution in [1.29, 1.82) is 0 Å². The summed E-state index contributed by atoms with van der Waals surface area (Å²) < 4.78 is 2.38. The highest BCUT2D eigenvalue weighted by Gasteiger charge is 2.25. The Bertz CT molecular complexity index is 1080. The fourth-order valence-corrected chi connectivity index (χ4v) is 4.49. The number of nitrogens with zero attached hydrogens (tertiary/aromatic N) is 4. The van der Waals surface area contributed by atoms with Gasteiger partial charge in [0, 0.05) is 43.7 Å². The van der Waals surface area contributed by atoms with E-state index in [9.17, 15) is 5.11 Å². The van der Waals surface area contributed by atoms with Crippen molar-refractivity contribution in [3.8, 4) is 0 Å². The number of nitrogens with one attached hydrogen (secondary N) is 1. The second-order valence-corrected chi connectivity index (χ2v) is 7.60. The van der Waals surface area contributed by atoms with Gasteiger partial charge in [0.05, 0.1) is 18.3 Å². The number of imidazole rings is 1. The van der Waals surface area contributed by atoms with E-state index in [0.717, 1.165) is 60.4 Å². The highest BCUT2D eigenvalue weighted by molar-refractivity contribution is 6.01. The first-order chi connectivity index (χ1) is 13.8. The van der Waals surface area contributed by atoms with Gasteiger partial charge in [-0.05, 0) is 24.5 Å². The standard InChI is InChI=1S/C22H25N5O/c28-13-9-20-25-19-14-24-22-18(6-10-23-22)21(19)27(20)17-7-11-26(12-8-17)15-16-4-2-1-3-5-16/h1-6,10,14,17,28H,7-9,11-13,15H2,(H,23,24). The van der Waals surface area contributed by atoms with Crippen molar-refractivity contribution in [1.82, 2.24) is 24.4 Å². The van der Waals surface area contributed by atoms with E-state index in [2.05, 4.69) is 55.8 Å². The lowest BCUT2D eigenvalue weighted by Gasteiger charge is -2.33. The number of aromatic amines is 1. The van der Waals surface area contributed by atoms with Crippen LogP contribution >= 0.6 is 0 Å².